The van der Waals surface area contributed by atoms with Crippen molar-refractivity contribution in [2.75, 3.05) is 0 Å². The fourth-order valence-corrected chi connectivity index (χ4v) is 3.14. The molecule has 0 spiro atoms. The number of nitrogens with one attached hydrogen (secondary N) is 3. The molecule has 16 nitrogen and oxygen atoms in total. The topological polar surface area (TPSA) is 294 Å². The summed E-state index contributed by atoms with van der Waals surface area (Å²) in [6, 6.07) is -0.737. The minimum Gasteiger partial charge on any atom is -0.508 e. The van der Waals surface area contributed by atoms with Gasteiger partial charge in [-0.05, 0) is 24.1 Å². The molecule has 4 atom stereocenters. The first-order chi connectivity index (χ1) is 17.7. The van der Waals surface area contributed by atoms with Crippen molar-refractivity contribution in [3.8, 4) is 5.75 Å². The molecule has 0 aromatic heterocycles. The largest absolute Gasteiger partial charge is 0.508 e. The Labute approximate surface area is 215 Å². The van der Waals surface area contributed by atoms with Gasteiger partial charge in [0.2, 0.25) is 29.5 Å². The van der Waals surface area contributed by atoms with E-state index < -0.39 is 78.5 Å². The molecule has 4 unspecified atom stereocenters. The van der Waals surface area contributed by atoms with E-state index in [9.17, 15) is 43.8 Å². The van der Waals surface area contributed by atoms with E-state index in [1.165, 1.54) is 24.3 Å². The number of aliphatic carboxylic acids is 2. The number of carboxylic acid groups (broad SMARTS) is 2. The summed E-state index contributed by atoms with van der Waals surface area (Å²) >= 11 is 0. The first-order valence-electron chi connectivity index (χ1n) is 11.1. The van der Waals surface area contributed by atoms with Crippen LogP contribution >= 0.6 is 0 Å². The van der Waals surface area contributed by atoms with Gasteiger partial charge >= 0.3 is 11.9 Å². The van der Waals surface area contributed by atoms with Crippen molar-refractivity contribution < 1.29 is 48.9 Å². The van der Waals surface area contributed by atoms with Crippen LogP contribution in [0.4, 0.5) is 0 Å². The van der Waals surface area contributed by atoms with Gasteiger partial charge in [0, 0.05) is 12.8 Å². The van der Waals surface area contributed by atoms with Crippen LogP contribution in [0.15, 0.2) is 24.3 Å². The maximum Gasteiger partial charge on any atom is 0.326 e. The van der Waals surface area contributed by atoms with Crippen molar-refractivity contribution in [1.29, 1.82) is 0 Å². The SMILES string of the molecule is NC(=O)CCC(NC(=O)C(CC(N)=O)NC(=O)C(Cc1ccc(O)cc1)NC(=O)C(N)CC(=O)O)C(=O)O. The number of nitrogens with two attached hydrogens (primary N) is 3. The van der Waals surface area contributed by atoms with Gasteiger partial charge in [0.25, 0.3) is 0 Å². The van der Waals surface area contributed by atoms with Crippen LogP contribution in [0.25, 0.3) is 0 Å². The normalized spacial score (nSPS) is 13.7. The van der Waals surface area contributed by atoms with Gasteiger partial charge in [-0.1, -0.05) is 12.1 Å². The van der Waals surface area contributed by atoms with Crippen LogP contribution in [-0.2, 0) is 40.0 Å². The van der Waals surface area contributed by atoms with E-state index in [2.05, 4.69) is 16.0 Å². The van der Waals surface area contributed by atoms with Crippen molar-refractivity contribution in [3.63, 3.8) is 0 Å². The standard InChI is InChI=1S/C22H30N6O10/c23-12(8-18(32)33)19(34)27-14(7-10-1-3-11(29)4-2-10)20(35)28-15(9-17(25)31)21(36)26-13(22(37)38)5-6-16(24)30/h1-4,12-15,29H,5-9,23H2,(H2,24,30)(H2,25,31)(H,26,36)(H,27,34)(H,28,35)(H,32,33)(H,37,38). The molecule has 0 saturated carbocycles. The van der Waals surface area contributed by atoms with E-state index in [1.54, 1.807) is 0 Å². The molecule has 0 aliphatic rings. The lowest BCUT2D eigenvalue weighted by molar-refractivity contribution is -0.142. The number of amides is 5. The Balaban J connectivity index is 3.15. The summed E-state index contributed by atoms with van der Waals surface area (Å²) in [7, 11) is 0. The number of phenols is 1. The zero-order valence-corrected chi connectivity index (χ0v) is 20.1. The smallest absolute Gasteiger partial charge is 0.326 e. The third kappa shape index (κ3) is 11.3. The molecule has 1 aromatic carbocycles. The number of carboxylic acids is 2. The molecule has 12 N–H and O–H groups in total. The predicted octanol–water partition coefficient (Wildman–Crippen LogP) is -3.58. The number of carbonyl (C=O) groups is 7. The average molecular weight is 539 g/mol. The number of carbonyl (C=O) groups excluding carboxylic acids is 5. The molecule has 5 amide bonds. The molecule has 0 heterocycles. The maximum absolute atomic E-state index is 13.1. The molecule has 0 saturated heterocycles. The number of hydrogen-bond acceptors (Lipinski definition) is 9. The Kier molecular flexibility index (Phi) is 12.1. The van der Waals surface area contributed by atoms with Gasteiger partial charge in [0.05, 0.1) is 18.9 Å². The summed E-state index contributed by atoms with van der Waals surface area (Å²) in [4.78, 5) is 83.1. The lowest BCUT2D eigenvalue weighted by Gasteiger charge is -2.24. The Morgan fingerprint density at radius 2 is 1.26 bits per heavy atom. The van der Waals surface area contributed by atoms with E-state index in [0.29, 0.717) is 5.56 Å². The third-order valence-corrected chi connectivity index (χ3v) is 5.07. The summed E-state index contributed by atoms with van der Waals surface area (Å²) in [6.45, 7) is 0. The molecule has 1 aromatic rings. The first kappa shape index (κ1) is 31.3. The number of benzene rings is 1. The minimum absolute atomic E-state index is 0.0789. The van der Waals surface area contributed by atoms with Gasteiger partial charge in [0.15, 0.2) is 0 Å². The summed E-state index contributed by atoms with van der Waals surface area (Å²) in [6.07, 6.45) is -2.44. The van der Waals surface area contributed by atoms with Gasteiger partial charge in [0.1, 0.15) is 23.9 Å². The molecule has 0 radical (unpaired) electrons. The van der Waals surface area contributed by atoms with Crippen LogP contribution in [0.3, 0.4) is 0 Å². The van der Waals surface area contributed by atoms with Crippen molar-refractivity contribution in [1.82, 2.24) is 16.0 Å². The Morgan fingerprint density at radius 3 is 1.76 bits per heavy atom. The fraction of sp³-hybridized carbons (Fsp3) is 0.409. The highest BCUT2D eigenvalue weighted by Gasteiger charge is 2.31. The molecule has 0 bridgehead atoms. The second kappa shape index (κ2) is 14.7. The Bertz CT molecular complexity index is 1060. The molecular weight excluding hydrogens is 508 g/mol. The summed E-state index contributed by atoms with van der Waals surface area (Å²) < 4.78 is 0. The van der Waals surface area contributed by atoms with Crippen molar-refractivity contribution in [2.24, 2.45) is 17.2 Å². The first-order valence-corrected chi connectivity index (χ1v) is 11.1. The molecule has 38 heavy (non-hydrogen) atoms. The fourth-order valence-electron chi connectivity index (χ4n) is 3.14. The molecule has 1 rings (SSSR count). The van der Waals surface area contributed by atoms with Gasteiger partial charge in [-0.3, -0.25) is 28.8 Å². The van der Waals surface area contributed by atoms with Crippen LogP contribution in [0, 0.1) is 0 Å². The summed E-state index contributed by atoms with van der Waals surface area (Å²) in [5.41, 5.74) is 16.2. The number of hydrogen-bond donors (Lipinski definition) is 9. The van der Waals surface area contributed by atoms with Crippen LogP contribution in [0.1, 0.15) is 31.2 Å². The minimum atomic E-state index is -1.68. The van der Waals surface area contributed by atoms with E-state index in [4.69, 9.17) is 22.3 Å². The quantitative estimate of drug-likeness (QED) is 0.0990. The van der Waals surface area contributed by atoms with Crippen molar-refractivity contribution >= 4 is 41.5 Å². The number of phenolic OH excluding ortho intramolecular Hbond substituents is 1. The average Bonchev–Trinajstić information content (AvgIpc) is 2.80. The zero-order valence-electron chi connectivity index (χ0n) is 20.1. The Hall–Kier alpha value is -4.73. The van der Waals surface area contributed by atoms with Crippen LogP contribution in [0.2, 0.25) is 0 Å². The van der Waals surface area contributed by atoms with Crippen molar-refractivity contribution in [3.05, 3.63) is 29.8 Å². The van der Waals surface area contributed by atoms with Crippen LogP contribution in [-0.4, -0.2) is 81.0 Å². The predicted molar refractivity (Wildman–Crippen MR) is 128 cm³/mol. The molecule has 0 aliphatic carbocycles. The second-order valence-corrected chi connectivity index (χ2v) is 8.27. The summed E-state index contributed by atoms with van der Waals surface area (Å²) in [5, 5.41) is 34.2. The Morgan fingerprint density at radius 1 is 0.737 bits per heavy atom. The number of primary amides is 2. The van der Waals surface area contributed by atoms with Crippen LogP contribution < -0.4 is 33.2 Å². The van der Waals surface area contributed by atoms with E-state index in [0.717, 1.165) is 0 Å². The molecule has 16 heteroatoms. The van der Waals surface area contributed by atoms with Crippen molar-refractivity contribution in [2.45, 2.75) is 56.3 Å². The maximum atomic E-state index is 13.1. The molecular formula is C22H30N6O10. The van der Waals surface area contributed by atoms with E-state index in [-0.39, 0.29) is 25.0 Å². The molecule has 0 aliphatic heterocycles. The lowest BCUT2D eigenvalue weighted by Crippen LogP contribution is -2.58. The third-order valence-electron chi connectivity index (χ3n) is 5.07. The van der Waals surface area contributed by atoms with Gasteiger partial charge < -0.3 is 48.5 Å². The van der Waals surface area contributed by atoms with Gasteiger partial charge in [-0.15, -0.1) is 0 Å². The van der Waals surface area contributed by atoms with Crippen LogP contribution in [0.5, 0.6) is 5.75 Å². The van der Waals surface area contributed by atoms with E-state index >= 15 is 0 Å². The highest BCUT2D eigenvalue weighted by Crippen LogP contribution is 2.12. The highest BCUT2D eigenvalue weighted by molar-refractivity contribution is 5.96. The van der Waals surface area contributed by atoms with E-state index in [1.807, 2.05) is 0 Å². The molecule has 0 fully saturated rings. The molecule has 208 valence electrons. The zero-order chi connectivity index (χ0) is 29.0. The second-order valence-electron chi connectivity index (χ2n) is 8.27. The number of rotatable bonds is 16. The van der Waals surface area contributed by atoms with Gasteiger partial charge in [-0.2, -0.15) is 0 Å². The highest BCUT2D eigenvalue weighted by atomic mass is 16.4. The monoisotopic (exact) mass is 538 g/mol. The van der Waals surface area contributed by atoms with Gasteiger partial charge in [-0.25, -0.2) is 4.79 Å². The lowest BCUT2D eigenvalue weighted by atomic mass is 10.0. The number of aromatic hydroxyl groups is 1. The summed E-state index contributed by atoms with van der Waals surface area (Å²) in [5.74, 6) is -7.93.